The zero-order valence-corrected chi connectivity index (χ0v) is 23.0. The molecule has 10 nitrogen and oxygen atoms in total. The molecule has 3 aliphatic rings. The minimum Gasteiger partial charge on any atom is -0.481 e. The summed E-state index contributed by atoms with van der Waals surface area (Å²) in [6.07, 6.45) is 2.77. The molecular formula is C26H38ClF2N7O3. The number of aromatic nitrogens is 3. The number of rotatable bonds is 6. The quantitative estimate of drug-likeness (QED) is 0.481. The Morgan fingerprint density at radius 2 is 1.85 bits per heavy atom. The van der Waals surface area contributed by atoms with Crippen molar-refractivity contribution in [2.75, 3.05) is 56.5 Å². The molecule has 0 spiro atoms. The molecule has 13 heteroatoms. The van der Waals surface area contributed by atoms with E-state index in [1.165, 1.54) is 5.56 Å². The molecule has 1 aromatic carbocycles. The fourth-order valence-corrected chi connectivity index (χ4v) is 5.69. The van der Waals surface area contributed by atoms with Gasteiger partial charge >= 0.3 is 0 Å². The van der Waals surface area contributed by atoms with Crippen LogP contribution in [0, 0.1) is 0 Å². The van der Waals surface area contributed by atoms with E-state index >= 15 is 0 Å². The smallest absolute Gasteiger partial charge is 0.300 e. The van der Waals surface area contributed by atoms with Crippen LogP contribution in [0.3, 0.4) is 0 Å². The minimum atomic E-state index is -2.53. The summed E-state index contributed by atoms with van der Waals surface area (Å²) in [4.78, 5) is 20.2. The molecule has 0 saturated carbocycles. The molecule has 4 heterocycles. The predicted molar refractivity (Wildman–Crippen MR) is 145 cm³/mol. The topological polar surface area (TPSA) is 124 Å². The van der Waals surface area contributed by atoms with Crippen LogP contribution in [0.1, 0.15) is 38.2 Å². The monoisotopic (exact) mass is 569 g/mol. The molecule has 3 aliphatic heterocycles. The molecule has 3 fully saturated rings. The molecule has 0 aliphatic carbocycles. The first kappa shape index (κ1) is 29.4. The third kappa shape index (κ3) is 8.72. The number of ether oxygens (including phenoxy) is 1. The fraction of sp³-hybridized carbons (Fsp3) is 0.654. The van der Waals surface area contributed by atoms with Gasteiger partial charge in [0, 0.05) is 76.1 Å². The minimum absolute atomic E-state index is 0.0222. The van der Waals surface area contributed by atoms with E-state index < -0.39 is 11.9 Å². The summed E-state index contributed by atoms with van der Waals surface area (Å²) >= 11 is 6.09. The molecule has 0 unspecified atom stereocenters. The summed E-state index contributed by atoms with van der Waals surface area (Å²) in [6, 6.07) is 8.70. The molecule has 0 bridgehead atoms. The number of nitrogens with one attached hydrogen (secondary N) is 1. The zero-order chi connectivity index (χ0) is 28.0. The predicted octanol–water partition coefficient (Wildman–Crippen LogP) is 3.14. The Morgan fingerprint density at radius 3 is 2.44 bits per heavy atom. The van der Waals surface area contributed by atoms with E-state index in [1.54, 1.807) is 0 Å². The van der Waals surface area contributed by atoms with Gasteiger partial charge in [0.05, 0.1) is 12.7 Å². The number of nitrogens with two attached hydrogens (primary N) is 1. The Morgan fingerprint density at radius 1 is 1.21 bits per heavy atom. The maximum atomic E-state index is 13.6. The highest BCUT2D eigenvalue weighted by atomic mass is 35.5. The van der Waals surface area contributed by atoms with Crippen LogP contribution < -0.4 is 10.6 Å². The van der Waals surface area contributed by atoms with Crippen molar-refractivity contribution in [3.05, 3.63) is 34.9 Å². The van der Waals surface area contributed by atoms with Crippen molar-refractivity contribution in [1.29, 1.82) is 0 Å². The van der Waals surface area contributed by atoms with Crippen LogP contribution >= 0.6 is 11.6 Å². The van der Waals surface area contributed by atoms with Crippen molar-refractivity contribution in [1.82, 2.24) is 25.0 Å². The molecule has 0 radical (unpaired) electrons. The second kappa shape index (κ2) is 13.2. The zero-order valence-electron chi connectivity index (χ0n) is 22.2. The van der Waals surface area contributed by atoms with E-state index in [0.29, 0.717) is 44.2 Å². The van der Waals surface area contributed by atoms with E-state index in [9.17, 15) is 8.78 Å². The summed E-state index contributed by atoms with van der Waals surface area (Å²) in [5.41, 5.74) is 6.94. The lowest BCUT2D eigenvalue weighted by atomic mass is 9.96. The third-order valence-electron chi connectivity index (χ3n) is 7.55. The van der Waals surface area contributed by atoms with Gasteiger partial charge in [0.25, 0.3) is 11.9 Å². The Kier molecular flexibility index (Phi) is 9.97. The molecular weight excluding hydrogens is 532 g/mol. The van der Waals surface area contributed by atoms with Gasteiger partial charge in [-0.25, -0.2) is 13.9 Å². The summed E-state index contributed by atoms with van der Waals surface area (Å²) in [7, 11) is 0. The van der Waals surface area contributed by atoms with E-state index in [1.807, 2.05) is 12.1 Å². The molecule has 2 aromatic rings. The number of likely N-dealkylation sites (tertiary alicyclic amines) is 1. The number of hydrogen-bond acceptors (Lipinski definition) is 8. The fourth-order valence-electron chi connectivity index (χ4n) is 5.56. The van der Waals surface area contributed by atoms with Crippen LogP contribution in [0.25, 0.3) is 0 Å². The number of anilines is 2. The van der Waals surface area contributed by atoms with Crippen LogP contribution in [0.2, 0.25) is 5.02 Å². The van der Waals surface area contributed by atoms with Crippen LogP contribution in [0.5, 0.6) is 0 Å². The second-order valence-corrected chi connectivity index (χ2v) is 11.0. The number of carboxylic acid groups (broad SMARTS) is 1. The lowest BCUT2D eigenvalue weighted by Gasteiger charge is -2.47. The largest absolute Gasteiger partial charge is 0.481 e. The highest BCUT2D eigenvalue weighted by Crippen LogP contribution is 2.30. The summed E-state index contributed by atoms with van der Waals surface area (Å²) in [5.74, 6) is -2.38. The lowest BCUT2D eigenvalue weighted by molar-refractivity contribution is -0.134. The maximum Gasteiger partial charge on any atom is 0.300 e. The molecule has 4 N–H and O–H groups in total. The molecule has 216 valence electrons. The third-order valence-corrected chi connectivity index (χ3v) is 7.80. The van der Waals surface area contributed by atoms with Crippen LogP contribution in [0.4, 0.5) is 20.7 Å². The van der Waals surface area contributed by atoms with Crippen molar-refractivity contribution < 1.29 is 23.4 Å². The van der Waals surface area contributed by atoms with Crippen molar-refractivity contribution in [3.63, 3.8) is 0 Å². The number of morpholine rings is 1. The number of alkyl halides is 2. The van der Waals surface area contributed by atoms with Crippen LogP contribution in [0.15, 0.2) is 24.3 Å². The summed E-state index contributed by atoms with van der Waals surface area (Å²) < 4.78 is 33.5. The van der Waals surface area contributed by atoms with Gasteiger partial charge in [-0.1, -0.05) is 23.7 Å². The number of aliphatic carboxylic acids is 1. The molecule has 1 aromatic heterocycles. The molecule has 39 heavy (non-hydrogen) atoms. The Labute approximate surface area is 232 Å². The van der Waals surface area contributed by atoms with E-state index in [2.05, 4.69) is 42.0 Å². The van der Waals surface area contributed by atoms with Gasteiger partial charge in [-0.3, -0.25) is 9.69 Å². The van der Waals surface area contributed by atoms with Gasteiger partial charge in [-0.15, -0.1) is 5.10 Å². The molecule has 3 saturated heterocycles. The summed E-state index contributed by atoms with van der Waals surface area (Å²) in [6.45, 7) is 5.81. The van der Waals surface area contributed by atoms with Crippen LogP contribution in [-0.4, -0.2) is 106 Å². The van der Waals surface area contributed by atoms with Crippen molar-refractivity contribution >= 4 is 29.5 Å². The number of carbonyl (C=O) groups is 1. The number of piperidine rings is 2. The first-order valence-electron chi connectivity index (χ1n) is 13.4. The molecule has 5 rings (SSSR count). The van der Waals surface area contributed by atoms with E-state index in [0.717, 1.165) is 50.8 Å². The van der Waals surface area contributed by atoms with E-state index in [-0.39, 0.29) is 25.0 Å². The Hall–Kier alpha value is -2.54. The van der Waals surface area contributed by atoms with Gasteiger partial charge in [0.1, 0.15) is 0 Å². The molecule has 2 atom stereocenters. The average molecular weight is 570 g/mol. The summed E-state index contributed by atoms with van der Waals surface area (Å²) in [5, 5.41) is 15.1. The Balaban J connectivity index is 0.000000826. The van der Waals surface area contributed by atoms with Gasteiger partial charge in [-0.05, 0) is 37.0 Å². The van der Waals surface area contributed by atoms with E-state index in [4.69, 9.17) is 32.0 Å². The number of nitrogens with zero attached hydrogens (tertiary/aromatic N) is 5. The second-order valence-electron chi connectivity index (χ2n) is 10.6. The average Bonchev–Trinajstić information content (AvgIpc) is 3.33. The first-order valence-corrected chi connectivity index (χ1v) is 13.8. The van der Waals surface area contributed by atoms with Gasteiger partial charge in [-0.2, -0.15) is 4.98 Å². The van der Waals surface area contributed by atoms with Crippen molar-refractivity contribution in [3.8, 4) is 0 Å². The highest BCUT2D eigenvalue weighted by Gasteiger charge is 2.38. The van der Waals surface area contributed by atoms with Crippen LogP contribution in [-0.2, 0) is 16.0 Å². The number of halogens is 3. The first-order chi connectivity index (χ1) is 18.6. The number of H-pyrrole nitrogens is 1. The number of hydrogen-bond donors (Lipinski definition) is 3. The Bertz CT molecular complexity index is 1050. The van der Waals surface area contributed by atoms with Gasteiger partial charge < -0.3 is 25.4 Å². The van der Waals surface area contributed by atoms with Crippen molar-refractivity contribution in [2.45, 2.75) is 63.1 Å². The lowest BCUT2D eigenvalue weighted by Crippen LogP contribution is -2.59. The van der Waals surface area contributed by atoms with Gasteiger partial charge in [0.15, 0.2) is 0 Å². The number of benzene rings is 1. The maximum absolute atomic E-state index is 13.6. The normalized spacial score (nSPS) is 24.7. The molecule has 0 amide bonds. The van der Waals surface area contributed by atoms with Gasteiger partial charge in [0.2, 0.25) is 11.9 Å². The number of aromatic amines is 1. The number of nitrogen functional groups attached to an aromatic ring is 1. The number of carboxylic acids is 1. The SMILES string of the molecule is CC(=O)O.Nc1nc(N2CCC(N3C[C@H](CN4CCC(F)(F)CC4)OC[C@@H]3Cc3ccc(Cl)cc3)CC2)n[nH]1. The standard InChI is InChI=1S/C24H34ClF2N7O.C2H4O2/c25-18-3-1-17(2-4-18)13-20-16-35-21(14-32-11-7-24(26,27)8-12-32)15-34(20)19-5-9-33(10-6-19)23-29-22(28)30-31-23;1-2(3)4/h1-4,19-21H,5-16H2,(H3,28,29,30,31);1H3,(H,3,4)/t20-,21-;/m0./s1. The highest BCUT2D eigenvalue weighted by molar-refractivity contribution is 6.30. The van der Waals surface area contributed by atoms with Crippen molar-refractivity contribution in [2.24, 2.45) is 0 Å².